The first-order valence-corrected chi connectivity index (χ1v) is 9.40. The van der Waals surface area contributed by atoms with E-state index in [2.05, 4.69) is 31.3 Å². The van der Waals surface area contributed by atoms with Crippen LogP contribution in [0.1, 0.15) is 37.3 Å². The fourth-order valence-electron chi connectivity index (χ4n) is 2.78. The highest BCUT2D eigenvalue weighted by molar-refractivity contribution is 7.80. The number of aromatic nitrogens is 1. The van der Waals surface area contributed by atoms with Crippen LogP contribution in [0.2, 0.25) is 0 Å². The summed E-state index contributed by atoms with van der Waals surface area (Å²) in [6.45, 7) is 1.09. The Balaban J connectivity index is 1.89. The van der Waals surface area contributed by atoms with E-state index in [1.54, 1.807) is 18.4 Å². The quantitative estimate of drug-likeness (QED) is 0.262. The molecule has 1 saturated carbocycles. The molecule has 1 aliphatic rings. The van der Waals surface area contributed by atoms with Gasteiger partial charge in [0, 0.05) is 31.5 Å². The zero-order valence-corrected chi connectivity index (χ0v) is 15.8. The SMILES string of the molecule is CNC(=S)NC1CCCC(c2csc(N/C(N)=N\CCOC)n2)C1. The predicted octanol–water partition coefficient (Wildman–Crippen LogP) is 1.64. The standard InChI is InChI=1S/C15H26N6OS2/c1-17-14(23)19-11-5-3-4-10(8-11)12-9-24-15(20-12)21-13(16)18-6-7-22-2/h9-11H,3-8H2,1-2H3,(H2,17,19,23)(H3,16,18,20,21). The minimum Gasteiger partial charge on any atom is -0.383 e. The Morgan fingerprint density at radius 2 is 2.38 bits per heavy atom. The van der Waals surface area contributed by atoms with E-state index in [9.17, 15) is 0 Å². The van der Waals surface area contributed by atoms with Crippen molar-refractivity contribution in [1.82, 2.24) is 15.6 Å². The van der Waals surface area contributed by atoms with Gasteiger partial charge in [-0.2, -0.15) is 0 Å². The molecule has 1 aliphatic carbocycles. The summed E-state index contributed by atoms with van der Waals surface area (Å²) in [7, 11) is 3.48. The first kappa shape index (κ1) is 18.9. The lowest BCUT2D eigenvalue weighted by Crippen LogP contribution is -2.42. The molecule has 1 heterocycles. The number of methoxy groups -OCH3 is 1. The first-order chi connectivity index (χ1) is 11.6. The second-order valence-electron chi connectivity index (χ2n) is 5.75. The van der Waals surface area contributed by atoms with Gasteiger partial charge in [-0.3, -0.25) is 4.99 Å². The summed E-state index contributed by atoms with van der Waals surface area (Å²) >= 11 is 6.76. The number of rotatable bonds is 6. The molecular formula is C15H26N6OS2. The number of ether oxygens (including phenoxy) is 1. The molecular weight excluding hydrogens is 344 g/mol. The van der Waals surface area contributed by atoms with Crippen molar-refractivity contribution in [2.45, 2.75) is 37.6 Å². The van der Waals surface area contributed by atoms with E-state index in [-0.39, 0.29) is 0 Å². The normalized spacial score (nSPS) is 21.3. The summed E-state index contributed by atoms with van der Waals surface area (Å²) < 4.78 is 4.95. The Labute approximate surface area is 152 Å². The van der Waals surface area contributed by atoms with E-state index < -0.39 is 0 Å². The Morgan fingerprint density at radius 3 is 3.12 bits per heavy atom. The maximum Gasteiger partial charge on any atom is 0.195 e. The molecule has 9 heteroatoms. The minimum absolute atomic E-state index is 0.371. The molecule has 24 heavy (non-hydrogen) atoms. The molecule has 0 saturated heterocycles. The summed E-state index contributed by atoms with van der Waals surface area (Å²) in [6, 6.07) is 0.405. The van der Waals surface area contributed by atoms with E-state index in [0.717, 1.165) is 30.1 Å². The molecule has 1 aromatic heterocycles. The van der Waals surface area contributed by atoms with Gasteiger partial charge in [-0.1, -0.05) is 6.42 Å². The molecule has 0 aliphatic heterocycles. The molecule has 134 valence electrons. The van der Waals surface area contributed by atoms with Crippen LogP contribution in [0.3, 0.4) is 0 Å². The fraction of sp³-hybridized carbons (Fsp3) is 0.667. The maximum atomic E-state index is 5.85. The molecule has 0 radical (unpaired) electrons. The van der Waals surface area contributed by atoms with Crippen molar-refractivity contribution in [2.24, 2.45) is 10.7 Å². The van der Waals surface area contributed by atoms with Crippen LogP contribution in [0.15, 0.2) is 10.4 Å². The first-order valence-electron chi connectivity index (χ1n) is 8.12. The third kappa shape index (κ3) is 5.88. The summed E-state index contributed by atoms with van der Waals surface area (Å²) in [6.07, 6.45) is 4.52. The summed E-state index contributed by atoms with van der Waals surface area (Å²) in [5.41, 5.74) is 6.96. The second kappa shape index (κ2) is 9.75. The van der Waals surface area contributed by atoms with Crippen LogP contribution < -0.4 is 21.7 Å². The maximum absolute atomic E-state index is 5.85. The van der Waals surface area contributed by atoms with Crippen molar-refractivity contribution in [1.29, 1.82) is 0 Å². The average molecular weight is 371 g/mol. The lowest BCUT2D eigenvalue weighted by molar-refractivity contribution is 0.208. The number of anilines is 1. The second-order valence-corrected chi connectivity index (χ2v) is 7.01. The summed E-state index contributed by atoms with van der Waals surface area (Å²) in [4.78, 5) is 8.85. The number of guanidine groups is 1. The minimum atomic E-state index is 0.371. The third-order valence-corrected chi connectivity index (χ3v) is 5.09. The molecule has 2 rings (SSSR count). The highest BCUT2D eigenvalue weighted by Crippen LogP contribution is 2.34. The molecule has 2 atom stereocenters. The van der Waals surface area contributed by atoms with E-state index >= 15 is 0 Å². The Bertz CT molecular complexity index is 562. The van der Waals surface area contributed by atoms with Crippen LogP contribution in [0, 0.1) is 0 Å². The van der Waals surface area contributed by atoms with Gasteiger partial charge < -0.3 is 26.4 Å². The molecule has 2 unspecified atom stereocenters. The number of thiazole rings is 1. The Morgan fingerprint density at radius 1 is 1.54 bits per heavy atom. The van der Waals surface area contributed by atoms with Gasteiger partial charge in [0.25, 0.3) is 0 Å². The van der Waals surface area contributed by atoms with Gasteiger partial charge >= 0.3 is 0 Å². The highest BCUT2D eigenvalue weighted by Gasteiger charge is 2.25. The van der Waals surface area contributed by atoms with E-state index in [1.165, 1.54) is 6.42 Å². The number of aliphatic imine (C=N–C) groups is 1. The van der Waals surface area contributed by atoms with Gasteiger partial charge in [-0.05, 0) is 31.5 Å². The van der Waals surface area contributed by atoms with Crippen LogP contribution >= 0.6 is 23.6 Å². The number of nitrogens with zero attached hydrogens (tertiary/aromatic N) is 2. The van der Waals surface area contributed by atoms with E-state index in [0.29, 0.717) is 36.2 Å². The van der Waals surface area contributed by atoms with Gasteiger partial charge in [-0.15, -0.1) is 11.3 Å². The molecule has 0 spiro atoms. The van der Waals surface area contributed by atoms with E-state index in [4.69, 9.17) is 22.7 Å². The molecule has 7 nitrogen and oxygen atoms in total. The summed E-state index contributed by atoms with van der Waals surface area (Å²) in [5, 5.41) is 13.0. The monoisotopic (exact) mass is 370 g/mol. The predicted molar refractivity (Wildman–Crippen MR) is 104 cm³/mol. The highest BCUT2D eigenvalue weighted by atomic mass is 32.1. The fourth-order valence-corrected chi connectivity index (χ4v) is 3.75. The van der Waals surface area contributed by atoms with Crippen LogP contribution in [0.4, 0.5) is 5.13 Å². The van der Waals surface area contributed by atoms with Crippen LogP contribution in [-0.4, -0.2) is 49.4 Å². The number of hydrogen-bond acceptors (Lipinski definition) is 5. The van der Waals surface area contributed by atoms with Gasteiger partial charge in [0.2, 0.25) is 0 Å². The van der Waals surface area contributed by atoms with Crippen LogP contribution in [-0.2, 0) is 4.74 Å². The number of thiocarbonyl (C=S) groups is 1. The largest absolute Gasteiger partial charge is 0.383 e. The van der Waals surface area contributed by atoms with Crippen molar-refractivity contribution in [3.05, 3.63) is 11.1 Å². The van der Waals surface area contributed by atoms with Crippen molar-refractivity contribution in [3.63, 3.8) is 0 Å². The molecule has 5 N–H and O–H groups in total. The van der Waals surface area contributed by atoms with Crippen molar-refractivity contribution < 1.29 is 4.74 Å². The van der Waals surface area contributed by atoms with Gasteiger partial charge in [-0.25, -0.2) is 4.98 Å². The molecule has 1 fully saturated rings. The van der Waals surface area contributed by atoms with Crippen LogP contribution in [0.25, 0.3) is 0 Å². The van der Waals surface area contributed by atoms with Crippen LogP contribution in [0.5, 0.6) is 0 Å². The number of nitrogens with two attached hydrogens (primary N) is 1. The number of nitrogens with one attached hydrogen (secondary N) is 3. The van der Waals surface area contributed by atoms with Crippen molar-refractivity contribution >= 4 is 39.8 Å². The van der Waals surface area contributed by atoms with E-state index in [1.807, 2.05) is 7.05 Å². The topological polar surface area (TPSA) is 96.6 Å². The zero-order valence-electron chi connectivity index (χ0n) is 14.2. The average Bonchev–Trinajstić information content (AvgIpc) is 3.03. The number of hydrogen-bond donors (Lipinski definition) is 4. The smallest absolute Gasteiger partial charge is 0.195 e. The molecule has 0 bridgehead atoms. The third-order valence-electron chi connectivity index (χ3n) is 3.99. The Kier molecular flexibility index (Phi) is 7.67. The molecule has 0 aromatic carbocycles. The van der Waals surface area contributed by atoms with Crippen molar-refractivity contribution in [2.75, 3.05) is 32.6 Å². The molecule has 1 aromatic rings. The Hall–Kier alpha value is -1.45. The van der Waals surface area contributed by atoms with Gasteiger partial charge in [0.05, 0.1) is 18.8 Å². The van der Waals surface area contributed by atoms with Gasteiger partial charge in [0.1, 0.15) is 0 Å². The lowest BCUT2D eigenvalue weighted by atomic mass is 9.84. The van der Waals surface area contributed by atoms with Crippen molar-refractivity contribution in [3.8, 4) is 0 Å². The van der Waals surface area contributed by atoms with Gasteiger partial charge in [0.15, 0.2) is 16.2 Å². The lowest BCUT2D eigenvalue weighted by Gasteiger charge is -2.29. The summed E-state index contributed by atoms with van der Waals surface area (Å²) in [5.74, 6) is 0.824. The molecule has 0 amide bonds. The zero-order chi connectivity index (χ0) is 17.4.